The molecule has 4 rings (SSSR count). The number of fused-ring (bicyclic) bond motifs is 3. The van der Waals surface area contributed by atoms with E-state index in [-0.39, 0.29) is 0 Å². The number of allylic oxidation sites excluding steroid dienone is 2. The molecule has 2 aromatic carbocycles. The van der Waals surface area contributed by atoms with Crippen molar-refractivity contribution in [2.24, 2.45) is 5.92 Å². The van der Waals surface area contributed by atoms with Crippen molar-refractivity contribution in [1.29, 1.82) is 0 Å². The Bertz CT molecular complexity index is 671. The van der Waals surface area contributed by atoms with Crippen LogP contribution in [-0.2, 0) is 0 Å². The predicted octanol–water partition coefficient (Wildman–Crippen LogP) is 4.82. The molecule has 1 aliphatic carbocycles. The van der Waals surface area contributed by atoms with Gasteiger partial charge in [0.1, 0.15) is 0 Å². The molecule has 0 bridgehead atoms. The van der Waals surface area contributed by atoms with E-state index < -0.39 is 0 Å². The van der Waals surface area contributed by atoms with Gasteiger partial charge in [-0.2, -0.15) is 0 Å². The molecule has 0 saturated heterocycles. The fourth-order valence-electron chi connectivity index (χ4n) is 3.79. The summed E-state index contributed by atoms with van der Waals surface area (Å²) >= 11 is 0. The first kappa shape index (κ1) is 11.8. The summed E-state index contributed by atoms with van der Waals surface area (Å²) in [6, 6.07) is 17.9. The fraction of sp³-hybridized carbons (Fsp3) is 0.263. The summed E-state index contributed by atoms with van der Waals surface area (Å²) in [7, 11) is 0. The van der Waals surface area contributed by atoms with Gasteiger partial charge in [-0.3, -0.25) is 0 Å². The van der Waals surface area contributed by atoms with Gasteiger partial charge in [-0.1, -0.05) is 54.6 Å². The Morgan fingerprint density at radius 3 is 2.55 bits per heavy atom. The quantitative estimate of drug-likeness (QED) is 0.726. The van der Waals surface area contributed by atoms with E-state index in [1.54, 1.807) is 0 Å². The van der Waals surface area contributed by atoms with Gasteiger partial charge < -0.3 is 5.32 Å². The van der Waals surface area contributed by atoms with Gasteiger partial charge in [-0.15, -0.1) is 0 Å². The van der Waals surface area contributed by atoms with Crippen LogP contribution in [0.4, 0.5) is 5.69 Å². The van der Waals surface area contributed by atoms with Crippen molar-refractivity contribution in [2.75, 3.05) is 5.32 Å². The Balaban J connectivity index is 1.82. The summed E-state index contributed by atoms with van der Waals surface area (Å²) in [5.41, 5.74) is 5.58. The van der Waals surface area contributed by atoms with E-state index in [2.05, 4.69) is 72.9 Å². The van der Waals surface area contributed by atoms with Gasteiger partial charge >= 0.3 is 0 Å². The van der Waals surface area contributed by atoms with Gasteiger partial charge in [-0.25, -0.2) is 0 Å². The normalized spacial score (nSPS) is 26.8. The third-order valence-electron chi connectivity index (χ3n) is 4.80. The lowest BCUT2D eigenvalue weighted by molar-refractivity contribution is 0.424. The first-order valence-corrected chi connectivity index (χ1v) is 7.42. The molecule has 2 aromatic rings. The number of nitrogens with one attached hydrogen (secondary N) is 1. The Hall–Kier alpha value is -2.02. The second-order valence-electron chi connectivity index (χ2n) is 5.92. The number of para-hydroxylation sites is 1. The zero-order valence-electron chi connectivity index (χ0n) is 11.7. The lowest BCUT2D eigenvalue weighted by Crippen LogP contribution is -2.29. The molecule has 2 aliphatic rings. The van der Waals surface area contributed by atoms with Crippen molar-refractivity contribution < 1.29 is 0 Å². The summed E-state index contributed by atoms with van der Waals surface area (Å²) in [4.78, 5) is 0. The van der Waals surface area contributed by atoms with Crippen LogP contribution in [0.5, 0.6) is 0 Å². The minimum Gasteiger partial charge on any atom is -0.378 e. The largest absolute Gasteiger partial charge is 0.378 e. The molecule has 0 radical (unpaired) electrons. The van der Waals surface area contributed by atoms with Gasteiger partial charge in [0.2, 0.25) is 0 Å². The Labute approximate surface area is 120 Å². The van der Waals surface area contributed by atoms with E-state index in [1.165, 1.54) is 28.8 Å². The highest BCUT2D eigenvalue weighted by molar-refractivity contribution is 5.59. The summed E-state index contributed by atoms with van der Waals surface area (Å²) in [6.45, 7) is 2.22. The molecule has 1 nitrogen and oxygen atoms in total. The molecular weight excluding hydrogens is 242 g/mol. The predicted molar refractivity (Wildman–Crippen MR) is 84.0 cm³/mol. The molecule has 1 aliphatic heterocycles. The van der Waals surface area contributed by atoms with Gasteiger partial charge in [-0.05, 0) is 42.0 Å². The second-order valence-corrected chi connectivity index (χ2v) is 5.92. The summed E-state index contributed by atoms with van der Waals surface area (Å²) < 4.78 is 0. The van der Waals surface area contributed by atoms with Crippen molar-refractivity contribution in [1.82, 2.24) is 0 Å². The maximum atomic E-state index is 3.79. The monoisotopic (exact) mass is 261 g/mol. The molecule has 100 valence electrons. The SMILES string of the molecule is Cc1ccccc1[C@H]1Nc2ccccc2[C@H]2C=CC[C@H]21. The lowest BCUT2D eigenvalue weighted by atomic mass is 9.76. The number of hydrogen-bond acceptors (Lipinski definition) is 1. The number of aryl methyl sites for hydroxylation is 1. The van der Waals surface area contributed by atoms with Crippen LogP contribution in [0.2, 0.25) is 0 Å². The maximum absolute atomic E-state index is 3.79. The van der Waals surface area contributed by atoms with E-state index in [0.29, 0.717) is 17.9 Å². The minimum absolute atomic E-state index is 0.422. The standard InChI is InChI=1S/C19H19N/c1-13-7-2-3-8-14(13)19-17-11-6-10-15(17)16-9-4-5-12-18(16)20-19/h2-10,12,15,17,19-20H,11H2,1H3/t15-,17-,19-/m1/s1. The van der Waals surface area contributed by atoms with Crippen molar-refractivity contribution in [3.05, 3.63) is 77.4 Å². The number of hydrogen-bond donors (Lipinski definition) is 1. The van der Waals surface area contributed by atoms with Crippen LogP contribution in [-0.4, -0.2) is 0 Å². The van der Waals surface area contributed by atoms with Gasteiger partial charge in [0, 0.05) is 11.6 Å². The number of benzene rings is 2. The van der Waals surface area contributed by atoms with E-state index in [4.69, 9.17) is 0 Å². The molecule has 0 saturated carbocycles. The van der Waals surface area contributed by atoms with Crippen LogP contribution < -0.4 is 5.32 Å². The number of rotatable bonds is 1. The van der Waals surface area contributed by atoms with E-state index in [1.807, 2.05) is 0 Å². The smallest absolute Gasteiger partial charge is 0.0556 e. The van der Waals surface area contributed by atoms with Gasteiger partial charge in [0.25, 0.3) is 0 Å². The van der Waals surface area contributed by atoms with Gasteiger partial charge in [0.15, 0.2) is 0 Å². The molecule has 20 heavy (non-hydrogen) atoms. The minimum atomic E-state index is 0.422. The number of anilines is 1. The van der Waals surface area contributed by atoms with Crippen molar-refractivity contribution >= 4 is 5.69 Å². The Morgan fingerprint density at radius 2 is 1.70 bits per heavy atom. The van der Waals surface area contributed by atoms with Crippen LogP contribution in [0.25, 0.3) is 0 Å². The van der Waals surface area contributed by atoms with Crippen LogP contribution in [0.15, 0.2) is 60.7 Å². The molecule has 0 unspecified atom stereocenters. The summed E-state index contributed by atoms with van der Waals surface area (Å²) in [5.74, 6) is 1.21. The van der Waals surface area contributed by atoms with E-state index in [0.717, 1.165) is 0 Å². The fourth-order valence-corrected chi connectivity index (χ4v) is 3.79. The molecule has 1 heteroatoms. The zero-order chi connectivity index (χ0) is 13.5. The molecule has 1 N–H and O–H groups in total. The molecule has 0 aromatic heterocycles. The van der Waals surface area contributed by atoms with Crippen LogP contribution in [0, 0.1) is 12.8 Å². The average Bonchev–Trinajstić information content (AvgIpc) is 2.97. The molecule has 1 heterocycles. The summed E-state index contributed by atoms with van der Waals surface area (Å²) in [6.07, 6.45) is 5.92. The topological polar surface area (TPSA) is 12.0 Å². The third kappa shape index (κ3) is 1.70. The van der Waals surface area contributed by atoms with Crippen LogP contribution in [0.3, 0.4) is 0 Å². The Morgan fingerprint density at radius 1 is 0.950 bits per heavy atom. The van der Waals surface area contributed by atoms with Crippen molar-refractivity contribution in [3.63, 3.8) is 0 Å². The highest BCUT2D eigenvalue weighted by Gasteiger charge is 2.37. The molecule has 3 atom stereocenters. The highest BCUT2D eigenvalue weighted by atomic mass is 15.0. The second kappa shape index (κ2) is 4.52. The van der Waals surface area contributed by atoms with E-state index in [9.17, 15) is 0 Å². The lowest BCUT2D eigenvalue weighted by Gasteiger charge is -2.38. The highest BCUT2D eigenvalue weighted by Crippen LogP contribution is 2.49. The van der Waals surface area contributed by atoms with Crippen LogP contribution in [0.1, 0.15) is 35.1 Å². The molecule has 0 amide bonds. The zero-order valence-corrected chi connectivity index (χ0v) is 11.7. The van der Waals surface area contributed by atoms with Gasteiger partial charge in [0.05, 0.1) is 6.04 Å². The first-order chi connectivity index (χ1) is 9.84. The first-order valence-electron chi connectivity index (χ1n) is 7.42. The van der Waals surface area contributed by atoms with Crippen molar-refractivity contribution in [3.8, 4) is 0 Å². The molecule has 0 fully saturated rings. The third-order valence-corrected chi connectivity index (χ3v) is 4.80. The maximum Gasteiger partial charge on any atom is 0.0556 e. The van der Waals surface area contributed by atoms with Crippen LogP contribution >= 0.6 is 0 Å². The van der Waals surface area contributed by atoms with E-state index >= 15 is 0 Å². The average molecular weight is 261 g/mol. The van der Waals surface area contributed by atoms with Crippen molar-refractivity contribution in [2.45, 2.75) is 25.3 Å². The molecule has 0 spiro atoms. The Kier molecular flexibility index (Phi) is 2.66. The summed E-state index contributed by atoms with van der Waals surface area (Å²) in [5, 5.41) is 3.79. The molecular formula is C19H19N.